The van der Waals surface area contributed by atoms with E-state index in [-0.39, 0.29) is 44.4 Å². The third-order valence-corrected chi connectivity index (χ3v) is 8.36. The molecule has 2 heterocycles. The smallest absolute Gasteiger partial charge is 0.247 e. The summed E-state index contributed by atoms with van der Waals surface area (Å²) in [5, 5.41) is 34.5. The number of halogens is 2. The lowest BCUT2D eigenvalue weighted by atomic mass is 9.77. The van der Waals surface area contributed by atoms with Gasteiger partial charge < -0.3 is 39.7 Å². The number of hydrogen-bond acceptors (Lipinski definition) is 8. The van der Waals surface area contributed by atoms with Crippen molar-refractivity contribution >= 4 is 35.0 Å². The number of benzene rings is 2. The highest BCUT2D eigenvalue weighted by Gasteiger charge is 2.52. The van der Waals surface area contributed by atoms with Crippen molar-refractivity contribution in [2.24, 2.45) is 5.92 Å². The van der Waals surface area contributed by atoms with Gasteiger partial charge in [0.1, 0.15) is 12.2 Å². The quantitative estimate of drug-likeness (QED) is 0.341. The number of nitrogens with one attached hydrogen (secondary N) is 1. The van der Waals surface area contributed by atoms with Crippen LogP contribution in [-0.2, 0) is 27.5 Å². The van der Waals surface area contributed by atoms with Gasteiger partial charge in [-0.3, -0.25) is 9.59 Å². The van der Waals surface area contributed by atoms with Crippen molar-refractivity contribution < 1.29 is 39.1 Å². The number of aliphatic hydroxyl groups is 3. The average Bonchev–Trinajstić information content (AvgIpc) is 3.64. The molecule has 12 heteroatoms. The van der Waals surface area contributed by atoms with E-state index in [9.17, 15) is 24.9 Å². The van der Waals surface area contributed by atoms with Crippen molar-refractivity contribution in [3.63, 3.8) is 0 Å². The molecule has 0 aromatic heterocycles. The summed E-state index contributed by atoms with van der Waals surface area (Å²) in [7, 11) is 1.46. The van der Waals surface area contributed by atoms with Crippen LogP contribution in [0.25, 0.3) is 0 Å². The lowest BCUT2D eigenvalue weighted by Gasteiger charge is -2.41. The summed E-state index contributed by atoms with van der Waals surface area (Å²) < 4.78 is 17.3. The van der Waals surface area contributed by atoms with Gasteiger partial charge in [0.25, 0.3) is 0 Å². The Morgan fingerprint density at radius 2 is 2.00 bits per heavy atom. The first-order chi connectivity index (χ1) is 19.8. The Morgan fingerprint density at radius 3 is 2.66 bits per heavy atom. The standard InChI is InChI=1S/C29H32Cl2N2O8/c1-39-23-9-15(13-35)8-19-24-20(28(37)32-5-6-34)11-22(25(36)27(24)41-26(19)23)33(29(38)17-4-7-40-14-17)12-16-2-3-18(30)10-21(16)31/h2-3,8-11,17,22,24-25,27,34-36H,4-7,12-14H2,1H3,(H,32,37)/t17?,22-,24+,25+,27+/m1/s1. The average molecular weight is 607 g/mol. The van der Waals surface area contributed by atoms with Crippen molar-refractivity contribution in [3.05, 3.63) is 68.7 Å². The summed E-state index contributed by atoms with van der Waals surface area (Å²) in [6, 6.07) is 7.35. The minimum atomic E-state index is -1.25. The zero-order valence-electron chi connectivity index (χ0n) is 22.4. The number of amides is 2. The number of aliphatic hydroxyl groups excluding tert-OH is 3. The maximum Gasteiger partial charge on any atom is 0.247 e. The molecule has 0 saturated carbocycles. The number of methoxy groups -OCH3 is 1. The molecule has 0 radical (unpaired) electrons. The van der Waals surface area contributed by atoms with Gasteiger partial charge in [0, 0.05) is 40.9 Å². The minimum Gasteiger partial charge on any atom is -0.493 e. The number of carbonyl (C=O) groups excluding carboxylic acids is 2. The minimum absolute atomic E-state index is 0.0108. The number of ether oxygens (including phenoxy) is 3. The Kier molecular flexibility index (Phi) is 9.08. The Balaban J connectivity index is 1.61. The second-order valence-electron chi connectivity index (χ2n) is 10.3. The monoisotopic (exact) mass is 606 g/mol. The molecule has 10 nitrogen and oxygen atoms in total. The molecule has 1 saturated heterocycles. The van der Waals surface area contributed by atoms with Gasteiger partial charge in [0.15, 0.2) is 11.5 Å². The first-order valence-electron chi connectivity index (χ1n) is 13.4. The molecule has 2 aromatic carbocycles. The van der Waals surface area contributed by atoms with Crippen molar-refractivity contribution in [3.8, 4) is 11.5 Å². The van der Waals surface area contributed by atoms with Gasteiger partial charge in [0.2, 0.25) is 11.8 Å². The molecule has 1 unspecified atom stereocenters. The molecule has 5 atom stereocenters. The normalized spacial score (nSPS) is 24.6. The molecular formula is C29H32Cl2N2O8. The van der Waals surface area contributed by atoms with Crippen LogP contribution in [0, 0.1) is 5.92 Å². The molecule has 2 amide bonds. The van der Waals surface area contributed by atoms with Crippen LogP contribution in [-0.4, -0.2) is 83.8 Å². The van der Waals surface area contributed by atoms with E-state index >= 15 is 0 Å². The molecule has 220 valence electrons. The molecule has 41 heavy (non-hydrogen) atoms. The fourth-order valence-corrected chi connectivity index (χ4v) is 6.21. The number of carbonyl (C=O) groups is 2. The fourth-order valence-electron chi connectivity index (χ4n) is 5.75. The fraction of sp³-hybridized carbons (Fsp3) is 0.448. The van der Waals surface area contributed by atoms with Gasteiger partial charge in [0.05, 0.1) is 44.8 Å². The van der Waals surface area contributed by atoms with Gasteiger partial charge in [-0.05, 0) is 47.9 Å². The largest absolute Gasteiger partial charge is 0.493 e. The zero-order chi connectivity index (χ0) is 29.3. The van der Waals surface area contributed by atoms with Crippen LogP contribution in [0.2, 0.25) is 10.0 Å². The molecule has 0 bridgehead atoms. The number of rotatable bonds is 9. The van der Waals surface area contributed by atoms with Gasteiger partial charge in [-0.1, -0.05) is 29.3 Å². The van der Waals surface area contributed by atoms with Gasteiger partial charge >= 0.3 is 0 Å². The predicted octanol–water partition coefficient (Wildman–Crippen LogP) is 2.18. The van der Waals surface area contributed by atoms with Crippen LogP contribution in [0.5, 0.6) is 11.5 Å². The van der Waals surface area contributed by atoms with E-state index in [1.54, 1.807) is 36.4 Å². The number of fused-ring (bicyclic) bond motifs is 3. The maximum atomic E-state index is 13.9. The lowest BCUT2D eigenvalue weighted by molar-refractivity contribution is -0.142. The van der Waals surface area contributed by atoms with Gasteiger partial charge in [-0.25, -0.2) is 0 Å². The third kappa shape index (κ3) is 5.77. The maximum absolute atomic E-state index is 13.9. The molecule has 3 aliphatic rings. The van der Waals surface area contributed by atoms with Crippen molar-refractivity contribution in [1.29, 1.82) is 0 Å². The van der Waals surface area contributed by atoms with E-state index in [1.807, 2.05) is 0 Å². The molecule has 2 aromatic rings. The molecular weight excluding hydrogens is 575 g/mol. The summed E-state index contributed by atoms with van der Waals surface area (Å²) in [6.45, 7) is 0.203. The highest BCUT2D eigenvalue weighted by molar-refractivity contribution is 6.35. The van der Waals surface area contributed by atoms with Crippen molar-refractivity contribution in [2.75, 3.05) is 33.5 Å². The van der Waals surface area contributed by atoms with E-state index in [4.69, 9.17) is 37.4 Å². The van der Waals surface area contributed by atoms with Crippen molar-refractivity contribution in [1.82, 2.24) is 10.2 Å². The number of hydrogen-bond donors (Lipinski definition) is 4. The first-order valence-corrected chi connectivity index (χ1v) is 14.1. The summed E-state index contributed by atoms with van der Waals surface area (Å²) in [4.78, 5) is 28.9. The van der Waals surface area contributed by atoms with Crippen molar-refractivity contribution in [2.45, 2.75) is 43.7 Å². The van der Waals surface area contributed by atoms with Crippen LogP contribution >= 0.6 is 23.2 Å². The van der Waals surface area contributed by atoms with Crippen LogP contribution in [0.4, 0.5) is 0 Å². The highest BCUT2D eigenvalue weighted by Crippen LogP contribution is 2.51. The van der Waals surface area contributed by atoms with E-state index in [0.29, 0.717) is 51.3 Å². The summed E-state index contributed by atoms with van der Waals surface area (Å²) >= 11 is 12.6. The Hall–Kier alpha value is -2.86. The topological polar surface area (TPSA) is 138 Å². The summed E-state index contributed by atoms with van der Waals surface area (Å²) in [6.07, 6.45) is -0.0862. The van der Waals surface area contributed by atoms with Crippen LogP contribution in [0.3, 0.4) is 0 Å². The second kappa shape index (κ2) is 12.6. The van der Waals surface area contributed by atoms with E-state index in [1.165, 1.54) is 12.0 Å². The number of nitrogens with zero attached hydrogens (tertiary/aromatic N) is 1. The van der Waals surface area contributed by atoms with E-state index in [2.05, 4.69) is 5.32 Å². The molecule has 5 rings (SSSR count). The molecule has 4 N–H and O–H groups in total. The Bertz CT molecular complexity index is 1350. The van der Waals surface area contributed by atoms with Crippen LogP contribution in [0.15, 0.2) is 42.0 Å². The predicted molar refractivity (Wildman–Crippen MR) is 150 cm³/mol. The molecule has 1 fully saturated rings. The Labute approximate surface area is 247 Å². The molecule has 0 spiro atoms. The highest BCUT2D eigenvalue weighted by atomic mass is 35.5. The summed E-state index contributed by atoms with van der Waals surface area (Å²) in [5.41, 5.74) is 2.00. The molecule has 1 aliphatic carbocycles. The molecule has 2 aliphatic heterocycles. The van der Waals surface area contributed by atoms with Gasteiger partial charge in [-0.15, -0.1) is 0 Å². The van der Waals surface area contributed by atoms with Crippen LogP contribution < -0.4 is 14.8 Å². The van der Waals surface area contributed by atoms with Crippen LogP contribution in [0.1, 0.15) is 29.0 Å². The lowest BCUT2D eigenvalue weighted by Crippen LogP contribution is -2.56. The van der Waals surface area contributed by atoms with Gasteiger partial charge in [-0.2, -0.15) is 0 Å². The Morgan fingerprint density at radius 1 is 1.20 bits per heavy atom. The van der Waals surface area contributed by atoms with E-state index in [0.717, 1.165) is 0 Å². The van der Waals surface area contributed by atoms with E-state index < -0.39 is 36.0 Å². The summed E-state index contributed by atoms with van der Waals surface area (Å²) in [5.74, 6) is -1.18. The third-order valence-electron chi connectivity index (χ3n) is 7.77. The SMILES string of the molecule is COc1cc(CO)cc2c1O[C@@H]1[C@@H](O)[C@H](N(Cc3ccc(Cl)cc3Cl)C(=O)C3CCOC3)C=C(C(=O)NCCO)[C@H]21. The zero-order valence-corrected chi connectivity index (χ0v) is 23.9. The first kappa shape index (κ1) is 29.6. The second-order valence-corrected chi connectivity index (χ2v) is 11.1.